The minimum Gasteiger partial charge on any atom is -0.383 e. The Morgan fingerprint density at radius 1 is 1.18 bits per heavy atom. The lowest BCUT2D eigenvalue weighted by Crippen LogP contribution is -2.32. The van der Waals surface area contributed by atoms with Crippen LogP contribution in [0.1, 0.15) is 30.2 Å². The van der Waals surface area contributed by atoms with Gasteiger partial charge in [-0.05, 0) is 24.6 Å². The fourth-order valence-electron chi connectivity index (χ4n) is 4.01. The van der Waals surface area contributed by atoms with Crippen LogP contribution in [0.3, 0.4) is 0 Å². The van der Waals surface area contributed by atoms with Crippen molar-refractivity contribution in [2.75, 3.05) is 11.1 Å². The third kappa shape index (κ3) is 3.59. The van der Waals surface area contributed by atoms with E-state index in [9.17, 15) is 18.0 Å². The minimum atomic E-state index is -4.36. The van der Waals surface area contributed by atoms with E-state index >= 15 is 0 Å². The first-order valence-electron chi connectivity index (χ1n) is 10.1. The summed E-state index contributed by atoms with van der Waals surface area (Å²) in [5, 5.41) is 7.25. The van der Waals surface area contributed by atoms with E-state index in [0.29, 0.717) is 16.1 Å². The third-order valence-electron chi connectivity index (χ3n) is 5.75. The van der Waals surface area contributed by atoms with Crippen LogP contribution in [0.5, 0.6) is 0 Å². The summed E-state index contributed by atoms with van der Waals surface area (Å²) in [6.07, 6.45) is -3.18. The summed E-state index contributed by atoms with van der Waals surface area (Å²) < 4.78 is 39.7. The Morgan fingerprint density at radius 3 is 2.62 bits per heavy atom. The Kier molecular flexibility index (Phi) is 4.93. The number of nitrogens with two attached hydrogens (primary N) is 1. The molecule has 1 aromatic carbocycles. The minimum absolute atomic E-state index is 0.0302. The lowest BCUT2D eigenvalue weighted by Gasteiger charge is -2.23. The lowest BCUT2D eigenvalue weighted by atomic mass is 9.78. The van der Waals surface area contributed by atoms with Crippen molar-refractivity contribution < 1.29 is 18.0 Å². The highest BCUT2D eigenvalue weighted by Crippen LogP contribution is 2.45. The van der Waals surface area contributed by atoms with Crippen LogP contribution >= 0.6 is 11.6 Å². The number of aryl methyl sites for hydroxylation is 1. The molecule has 34 heavy (non-hydrogen) atoms. The summed E-state index contributed by atoms with van der Waals surface area (Å²) in [4.78, 5) is 30.0. The van der Waals surface area contributed by atoms with Gasteiger partial charge in [0.05, 0.1) is 17.5 Å². The largest absolute Gasteiger partial charge is 0.389 e. The summed E-state index contributed by atoms with van der Waals surface area (Å²) >= 11 is 5.98. The monoisotopic (exact) mass is 488 g/mol. The van der Waals surface area contributed by atoms with Crippen molar-refractivity contribution in [2.45, 2.75) is 31.4 Å². The van der Waals surface area contributed by atoms with E-state index < -0.39 is 24.4 Å². The third-order valence-corrected chi connectivity index (χ3v) is 6.00. The predicted molar refractivity (Wildman–Crippen MR) is 117 cm³/mol. The van der Waals surface area contributed by atoms with Crippen molar-refractivity contribution in [1.82, 2.24) is 29.5 Å². The molecular formula is C21H16ClF3N8O. The number of fused-ring (bicyclic) bond motifs is 2. The van der Waals surface area contributed by atoms with Crippen molar-refractivity contribution in [3.8, 4) is 11.5 Å². The van der Waals surface area contributed by atoms with E-state index in [1.807, 2.05) is 0 Å². The SMILES string of the molecule is CC1(c2ccc(Cl)cc2)C(=O)Nc2nc(-c3cn4ncnc4c(CCC(F)(F)F)n3)nc(N)c21. The molecule has 1 unspecified atom stereocenters. The second kappa shape index (κ2) is 7.62. The van der Waals surface area contributed by atoms with E-state index in [0.717, 1.165) is 0 Å². The van der Waals surface area contributed by atoms with Gasteiger partial charge < -0.3 is 11.1 Å². The number of hydrogen-bond donors (Lipinski definition) is 2. The molecule has 1 atom stereocenters. The molecule has 0 aliphatic carbocycles. The summed E-state index contributed by atoms with van der Waals surface area (Å²) in [5.74, 6) is -0.0912. The van der Waals surface area contributed by atoms with Crippen LogP contribution in [0.4, 0.5) is 24.8 Å². The maximum Gasteiger partial charge on any atom is 0.389 e. The van der Waals surface area contributed by atoms with Gasteiger partial charge in [0.2, 0.25) is 5.91 Å². The average molecular weight is 489 g/mol. The first-order chi connectivity index (χ1) is 16.1. The summed E-state index contributed by atoms with van der Waals surface area (Å²) in [5.41, 5.74) is 6.58. The van der Waals surface area contributed by atoms with Gasteiger partial charge in [-0.15, -0.1) is 0 Å². The molecule has 0 bridgehead atoms. The van der Waals surface area contributed by atoms with Gasteiger partial charge in [-0.3, -0.25) is 4.79 Å². The number of carbonyl (C=O) groups excluding carboxylic acids is 1. The van der Waals surface area contributed by atoms with E-state index in [2.05, 4.69) is 30.4 Å². The van der Waals surface area contributed by atoms with Crippen molar-refractivity contribution in [2.24, 2.45) is 0 Å². The van der Waals surface area contributed by atoms with Gasteiger partial charge in [0.25, 0.3) is 0 Å². The molecular weight excluding hydrogens is 473 g/mol. The zero-order chi connectivity index (χ0) is 24.3. The molecule has 0 saturated heterocycles. The Morgan fingerprint density at radius 2 is 1.91 bits per heavy atom. The Labute approximate surface area is 195 Å². The first kappa shape index (κ1) is 22.0. The van der Waals surface area contributed by atoms with Gasteiger partial charge in [-0.25, -0.2) is 24.5 Å². The van der Waals surface area contributed by atoms with Gasteiger partial charge in [0.15, 0.2) is 11.5 Å². The molecule has 1 aliphatic rings. The zero-order valence-corrected chi connectivity index (χ0v) is 18.3. The number of halogens is 4. The van der Waals surface area contributed by atoms with Crippen LogP contribution in [0.15, 0.2) is 36.8 Å². The van der Waals surface area contributed by atoms with E-state index in [1.54, 1.807) is 31.2 Å². The number of carbonyl (C=O) groups is 1. The number of rotatable bonds is 4. The number of nitrogens with one attached hydrogen (secondary N) is 1. The van der Waals surface area contributed by atoms with Gasteiger partial charge in [0.1, 0.15) is 29.1 Å². The van der Waals surface area contributed by atoms with Crippen molar-refractivity contribution in [3.05, 3.63) is 58.6 Å². The second-order valence-corrected chi connectivity index (χ2v) is 8.39. The normalized spacial score (nSPS) is 17.7. The Hall–Kier alpha value is -3.80. The molecule has 1 amide bonds. The number of hydrogen-bond acceptors (Lipinski definition) is 7. The van der Waals surface area contributed by atoms with Crippen LogP contribution in [-0.2, 0) is 16.6 Å². The Balaban J connectivity index is 1.60. The van der Waals surface area contributed by atoms with Gasteiger partial charge in [-0.2, -0.15) is 18.3 Å². The van der Waals surface area contributed by atoms with Crippen molar-refractivity contribution in [1.29, 1.82) is 0 Å². The fraction of sp³-hybridized carbons (Fsp3) is 0.238. The van der Waals surface area contributed by atoms with Crippen LogP contribution in [0.25, 0.3) is 17.2 Å². The van der Waals surface area contributed by atoms with Crippen molar-refractivity contribution >= 4 is 34.8 Å². The van der Waals surface area contributed by atoms with Crippen LogP contribution in [0, 0.1) is 0 Å². The molecule has 3 aromatic heterocycles. The summed E-state index contributed by atoms with van der Waals surface area (Å²) in [6, 6.07) is 6.77. The molecule has 5 rings (SSSR count). The average Bonchev–Trinajstić information content (AvgIpc) is 3.35. The number of benzene rings is 1. The van der Waals surface area contributed by atoms with Crippen LogP contribution in [0.2, 0.25) is 5.02 Å². The van der Waals surface area contributed by atoms with E-state index in [-0.39, 0.29) is 40.4 Å². The van der Waals surface area contributed by atoms with E-state index in [4.69, 9.17) is 17.3 Å². The highest BCUT2D eigenvalue weighted by Gasteiger charge is 2.47. The molecule has 1 aliphatic heterocycles. The molecule has 0 spiro atoms. The molecule has 0 fully saturated rings. The van der Waals surface area contributed by atoms with Gasteiger partial charge in [0, 0.05) is 17.9 Å². The highest BCUT2D eigenvalue weighted by atomic mass is 35.5. The molecule has 4 heterocycles. The number of amides is 1. The van der Waals surface area contributed by atoms with Gasteiger partial charge >= 0.3 is 6.18 Å². The maximum atomic E-state index is 13.0. The quantitative estimate of drug-likeness (QED) is 0.450. The highest BCUT2D eigenvalue weighted by molar-refractivity contribution is 6.30. The number of anilines is 2. The number of nitrogens with zero attached hydrogens (tertiary/aromatic N) is 6. The maximum absolute atomic E-state index is 13.0. The zero-order valence-electron chi connectivity index (χ0n) is 17.6. The second-order valence-electron chi connectivity index (χ2n) is 7.96. The number of alkyl halides is 3. The van der Waals surface area contributed by atoms with Crippen LogP contribution in [-0.4, -0.2) is 41.6 Å². The molecule has 4 aromatic rings. The topological polar surface area (TPSA) is 124 Å². The Bertz CT molecular complexity index is 1440. The first-order valence-corrected chi connectivity index (χ1v) is 10.5. The molecule has 0 saturated carbocycles. The van der Waals surface area contributed by atoms with E-state index in [1.165, 1.54) is 17.0 Å². The number of nitrogen functional groups attached to an aromatic ring is 1. The molecule has 9 nitrogen and oxygen atoms in total. The number of aromatic nitrogens is 6. The standard InChI is InChI=1S/C21H16ClF3N8O/c1-20(10-2-4-11(22)5-3-10)14-15(26)30-16(31-17(14)32-19(20)34)13-8-33-18(27-9-28-33)12(29-13)6-7-21(23,24)25/h2-5,8-9H,6-7H2,1H3,(H3,26,30,31,32,34). The predicted octanol–water partition coefficient (Wildman–Crippen LogP) is 3.57. The smallest absolute Gasteiger partial charge is 0.383 e. The van der Waals surface area contributed by atoms with Crippen LogP contribution < -0.4 is 11.1 Å². The molecule has 174 valence electrons. The van der Waals surface area contributed by atoms with Gasteiger partial charge in [-0.1, -0.05) is 23.7 Å². The van der Waals surface area contributed by atoms with Crippen molar-refractivity contribution in [3.63, 3.8) is 0 Å². The molecule has 3 N–H and O–H groups in total. The summed E-state index contributed by atoms with van der Waals surface area (Å²) in [7, 11) is 0. The lowest BCUT2D eigenvalue weighted by molar-refractivity contribution is -0.134. The molecule has 0 radical (unpaired) electrons. The summed E-state index contributed by atoms with van der Waals surface area (Å²) in [6.45, 7) is 1.70. The molecule has 13 heteroatoms. The fourth-order valence-corrected chi connectivity index (χ4v) is 4.13.